The quantitative estimate of drug-likeness (QED) is 0.552. The fourth-order valence-corrected chi connectivity index (χ4v) is 4.14. The highest BCUT2D eigenvalue weighted by molar-refractivity contribution is 7.14. The summed E-state index contributed by atoms with van der Waals surface area (Å²) < 4.78 is 52.3. The van der Waals surface area contributed by atoms with E-state index in [1.807, 2.05) is 6.92 Å². The molecule has 1 N–H and O–H groups in total. The number of methoxy groups -OCH3 is 1. The van der Waals surface area contributed by atoms with E-state index in [-0.39, 0.29) is 10.8 Å². The average molecular weight is 463 g/mol. The lowest BCUT2D eigenvalue weighted by Crippen LogP contribution is -2.55. The van der Waals surface area contributed by atoms with Crippen molar-refractivity contribution in [3.63, 3.8) is 0 Å². The second kappa shape index (κ2) is 8.44. The molecule has 2 heterocycles. The fourth-order valence-electron chi connectivity index (χ4n) is 3.29. The number of anilines is 1. The second-order valence-electron chi connectivity index (χ2n) is 7.05. The molecule has 0 fully saturated rings. The molecule has 4 rings (SSSR count). The van der Waals surface area contributed by atoms with Crippen LogP contribution < -0.4 is 14.5 Å². The first-order valence-corrected chi connectivity index (χ1v) is 10.6. The number of alkyl halides is 3. The molecule has 0 saturated carbocycles. The predicted molar refractivity (Wildman–Crippen MR) is 116 cm³/mol. The zero-order chi connectivity index (χ0) is 22.9. The molecule has 1 aliphatic rings. The molecule has 0 aliphatic carbocycles. The van der Waals surface area contributed by atoms with E-state index in [1.165, 1.54) is 0 Å². The van der Waals surface area contributed by atoms with Crippen molar-refractivity contribution in [1.82, 2.24) is 4.98 Å². The molecule has 0 saturated heterocycles. The highest BCUT2D eigenvalue weighted by Crippen LogP contribution is 2.45. The lowest BCUT2D eigenvalue weighted by atomic mass is 10.0. The number of halogens is 3. The number of thiazole rings is 1. The minimum atomic E-state index is -4.95. The Labute approximate surface area is 186 Å². The van der Waals surface area contributed by atoms with E-state index < -0.39 is 18.3 Å². The Balaban J connectivity index is 1.68. The SMILES string of the molecule is CCOc1ccc(C2=NN(c3nc(-c4ccc(OC)cc4)cs3)[C@@](O)(C(F)(F)F)C2)cc1. The Kier molecular flexibility index (Phi) is 5.83. The van der Waals surface area contributed by atoms with Crippen LogP contribution in [0.5, 0.6) is 11.5 Å². The van der Waals surface area contributed by atoms with Crippen LogP contribution in [0.4, 0.5) is 18.3 Å². The predicted octanol–water partition coefficient (Wildman–Crippen LogP) is 5.08. The molecular weight excluding hydrogens is 443 g/mol. The number of aliphatic hydroxyl groups is 1. The molecule has 1 aliphatic heterocycles. The van der Waals surface area contributed by atoms with Crippen molar-refractivity contribution in [2.75, 3.05) is 18.7 Å². The van der Waals surface area contributed by atoms with Crippen LogP contribution in [0.1, 0.15) is 18.9 Å². The van der Waals surface area contributed by atoms with E-state index in [9.17, 15) is 18.3 Å². The summed E-state index contributed by atoms with van der Waals surface area (Å²) in [5.41, 5.74) is -1.45. The summed E-state index contributed by atoms with van der Waals surface area (Å²) in [5.74, 6) is 1.25. The zero-order valence-corrected chi connectivity index (χ0v) is 18.1. The molecule has 3 aromatic rings. The first-order valence-electron chi connectivity index (χ1n) is 9.75. The lowest BCUT2D eigenvalue weighted by molar-refractivity contribution is -0.254. The van der Waals surface area contributed by atoms with Gasteiger partial charge in [0.15, 0.2) is 0 Å². The smallest absolute Gasteiger partial charge is 0.438 e. The third-order valence-corrected chi connectivity index (χ3v) is 5.81. The zero-order valence-electron chi connectivity index (χ0n) is 17.3. The van der Waals surface area contributed by atoms with Crippen LogP contribution in [0.2, 0.25) is 0 Å². The van der Waals surface area contributed by atoms with Gasteiger partial charge in [-0.1, -0.05) is 0 Å². The fraction of sp³-hybridized carbons (Fsp3) is 0.273. The molecular formula is C22H20F3N3O3S. The van der Waals surface area contributed by atoms with E-state index in [2.05, 4.69) is 10.1 Å². The van der Waals surface area contributed by atoms with Gasteiger partial charge in [0.1, 0.15) is 11.5 Å². The Morgan fingerprint density at radius 3 is 2.28 bits per heavy atom. The van der Waals surface area contributed by atoms with E-state index in [0.717, 1.165) is 11.3 Å². The van der Waals surface area contributed by atoms with Crippen molar-refractivity contribution in [3.05, 3.63) is 59.5 Å². The van der Waals surface area contributed by atoms with Gasteiger partial charge >= 0.3 is 6.18 Å². The summed E-state index contributed by atoms with van der Waals surface area (Å²) in [5, 5.41) is 16.9. The third-order valence-electron chi connectivity index (χ3n) is 5.00. The van der Waals surface area contributed by atoms with Gasteiger partial charge in [0, 0.05) is 10.9 Å². The van der Waals surface area contributed by atoms with Crippen molar-refractivity contribution in [2.45, 2.75) is 25.2 Å². The standard InChI is InChI=1S/C22H20F3N3O3S/c1-3-31-17-10-6-14(7-11-17)18-12-21(29,22(23,24)25)28(27-18)20-26-19(13-32-20)15-4-8-16(30-2)9-5-15/h4-11,13,29H,3,12H2,1-2H3/t21-/m0/s1. The van der Waals surface area contributed by atoms with Crippen molar-refractivity contribution < 1.29 is 27.8 Å². The van der Waals surface area contributed by atoms with E-state index in [1.54, 1.807) is 61.0 Å². The number of hydrogen-bond acceptors (Lipinski definition) is 7. The third kappa shape index (κ3) is 4.03. The van der Waals surface area contributed by atoms with Crippen LogP contribution in [-0.4, -0.2) is 41.4 Å². The second-order valence-corrected chi connectivity index (χ2v) is 7.89. The maximum atomic E-state index is 13.9. The largest absolute Gasteiger partial charge is 0.497 e. The molecule has 2 aromatic carbocycles. The average Bonchev–Trinajstić information content (AvgIpc) is 3.40. The van der Waals surface area contributed by atoms with Crippen molar-refractivity contribution in [1.29, 1.82) is 0 Å². The molecule has 32 heavy (non-hydrogen) atoms. The van der Waals surface area contributed by atoms with E-state index >= 15 is 0 Å². The van der Waals surface area contributed by atoms with Crippen molar-refractivity contribution in [2.24, 2.45) is 5.10 Å². The Morgan fingerprint density at radius 1 is 1.06 bits per heavy atom. The first-order chi connectivity index (χ1) is 15.2. The Bertz CT molecular complexity index is 1110. The summed E-state index contributed by atoms with van der Waals surface area (Å²) in [6.45, 7) is 2.31. The van der Waals surface area contributed by atoms with Gasteiger partial charge < -0.3 is 14.6 Å². The summed E-state index contributed by atoms with van der Waals surface area (Å²) in [6.07, 6.45) is -5.67. The molecule has 0 bridgehead atoms. The maximum absolute atomic E-state index is 13.9. The van der Waals surface area contributed by atoms with Gasteiger partial charge in [0.05, 0.1) is 31.5 Å². The summed E-state index contributed by atoms with van der Waals surface area (Å²) in [4.78, 5) is 4.31. The Morgan fingerprint density at radius 2 is 1.69 bits per heavy atom. The molecule has 0 amide bonds. The highest BCUT2D eigenvalue weighted by atomic mass is 32.1. The summed E-state index contributed by atoms with van der Waals surface area (Å²) in [6, 6.07) is 13.5. The van der Waals surface area contributed by atoms with Crippen LogP contribution >= 0.6 is 11.3 Å². The van der Waals surface area contributed by atoms with Crippen LogP contribution in [0.15, 0.2) is 59.0 Å². The molecule has 1 atom stereocenters. The van der Waals surface area contributed by atoms with Gasteiger partial charge in [-0.05, 0) is 61.0 Å². The number of aromatic nitrogens is 1. The molecule has 6 nitrogen and oxygen atoms in total. The monoisotopic (exact) mass is 463 g/mol. The van der Waals surface area contributed by atoms with Crippen molar-refractivity contribution >= 4 is 22.2 Å². The summed E-state index contributed by atoms with van der Waals surface area (Å²) in [7, 11) is 1.54. The van der Waals surface area contributed by atoms with Gasteiger partial charge in [-0.15, -0.1) is 11.3 Å². The maximum Gasteiger partial charge on any atom is 0.438 e. The number of ether oxygens (including phenoxy) is 2. The number of rotatable bonds is 6. The van der Waals surface area contributed by atoms with Gasteiger partial charge in [-0.2, -0.15) is 23.3 Å². The van der Waals surface area contributed by atoms with Crippen LogP contribution in [-0.2, 0) is 0 Å². The molecule has 0 spiro atoms. The molecule has 0 unspecified atom stereocenters. The van der Waals surface area contributed by atoms with Gasteiger partial charge in [-0.25, -0.2) is 4.98 Å². The molecule has 10 heteroatoms. The molecule has 1 aromatic heterocycles. The highest BCUT2D eigenvalue weighted by Gasteiger charge is 2.62. The minimum Gasteiger partial charge on any atom is -0.497 e. The minimum absolute atomic E-state index is 0.0587. The van der Waals surface area contributed by atoms with Gasteiger partial charge in [0.25, 0.3) is 5.72 Å². The topological polar surface area (TPSA) is 67.2 Å². The normalized spacial score (nSPS) is 18.6. The lowest BCUT2D eigenvalue weighted by Gasteiger charge is -2.32. The molecule has 0 radical (unpaired) electrons. The van der Waals surface area contributed by atoms with Crippen LogP contribution in [0, 0.1) is 0 Å². The van der Waals surface area contributed by atoms with Crippen LogP contribution in [0.3, 0.4) is 0 Å². The van der Waals surface area contributed by atoms with E-state index in [0.29, 0.717) is 39.9 Å². The van der Waals surface area contributed by atoms with Gasteiger partial charge in [-0.3, -0.25) is 0 Å². The number of hydrazone groups is 1. The molecule has 168 valence electrons. The Hall–Kier alpha value is -3.11. The van der Waals surface area contributed by atoms with Crippen molar-refractivity contribution in [3.8, 4) is 22.8 Å². The first kappa shape index (κ1) is 22.1. The number of benzene rings is 2. The number of nitrogens with zero attached hydrogens (tertiary/aromatic N) is 3. The van der Waals surface area contributed by atoms with Crippen LogP contribution in [0.25, 0.3) is 11.3 Å². The number of hydrogen-bond donors (Lipinski definition) is 1. The van der Waals surface area contributed by atoms with E-state index in [4.69, 9.17) is 9.47 Å². The van der Waals surface area contributed by atoms with Gasteiger partial charge in [0.2, 0.25) is 5.13 Å². The summed E-state index contributed by atoms with van der Waals surface area (Å²) >= 11 is 0.973.